The Morgan fingerprint density at radius 2 is 2.26 bits per heavy atom. The minimum absolute atomic E-state index is 0.0824. The SMILES string of the molecule is O=C(CCCc1nc(C2CC2)no1)N[C@H](c1nccs1)C1CC1. The van der Waals surface area contributed by atoms with Crippen molar-refractivity contribution in [3.8, 4) is 0 Å². The zero-order valence-corrected chi connectivity index (χ0v) is 13.7. The predicted octanol–water partition coefficient (Wildman–Crippen LogP) is 2.99. The molecule has 6 nitrogen and oxygen atoms in total. The Morgan fingerprint density at radius 1 is 1.39 bits per heavy atom. The van der Waals surface area contributed by atoms with Crippen molar-refractivity contribution < 1.29 is 9.32 Å². The minimum Gasteiger partial charge on any atom is -0.347 e. The summed E-state index contributed by atoms with van der Waals surface area (Å²) in [6.45, 7) is 0. The van der Waals surface area contributed by atoms with Gasteiger partial charge in [0, 0.05) is 30.3 Å². The van der Waals surface area contributed by atoms with Crippen LogP contribution in [0.3, 0.4) is 0 Å². The Morgan fingerprint density at radius 3 is 2.96 bits per heavy atom. The molecular weight excluding hydrogens is 312 g/mol. The molecule has 0 bridgehead atoms. The third-order valence-electron chi connectivity index (χ3n) is 4.35. The molecule has 2 fully saturated rings. The molecule has 2 aliphatic rings. The van der Waals surface area contributed by atoms with Gasteiger partial charge in [0.05, 0.1) is 6.04 Å². The Labute approximate surface area is 138 Å². The molecule has 0 aromatic carbocycles. The number of hydrogen-bond acceptors (Lipinski definition) is 6. The predicted molar refractivity (Wildman–Crippen MR) is 84.9 cm³/mol. The van der Waals surface area contributed by atoms with Crippen molar-refractivity contribution in [2.45, 2.75) is 56.9 Å². The van der Waals surface area contributed by atoms with Crippen LogP contribution < -0.4 is 5.32 Å². The lowest BCUT2D eigenvalue weighted by molar-refractivity contribution is -0.122. The Hall–Kier alpha value is -1.76. The number of thiazole rings is 1. The molecule has 7 heteroatoms. The first-order valence-electron chi connectivity index (χ1n) is 8.31. The third kappa shape index (κ3) is 3.77. The van der Waals surface area contributed by atoms with E-state index >= 15 is 0 Å². The number of rotatable bonds is 8. The Kier molecular flexibility index (Phi) is 4.11. The quantitative estimate of drug-likeness (QED) is 0.803. The number of amides is 1. The van der Waals surface area contributed by atoms with Gasteiger partial charge in [-0.15, -0.1) is 11.3 Å². The summed E-state index contributed by atoms with van der Waals surface area (Å²) in [4.78, 5) is 20.9. The second-order valence-electron chi connectivity index (χ2n) is 6.43. The van der Waals surface area contributed by atoms with Gasteiger partial charge in [-0.1, -0.05) is 5.16 Å². The molecule has 0 spiro atoms. The standard InChI is InChI=1S/C16H20N4O2S/c21-12(18-14(10-4-5-10)16-17-8-9-23-16)2-1-3-13-19-15(20-22-13)11-6-7-11/h8-11,14H,1-7H2,(H,18,21)/t14-/m0/s1. The van der Waals surface area contributed by atoms with E-state index in [-0.39, 0.29) is 11.9 Å². The molecule has 2 aromatic rings. The smallest absolute Gasteiger partial charge is 0.226 e. The zero-order valence-electron chi connectivity index (χ0n) is 12.9. The molecule has 0 saturated heterocycles. The first-order valence-corrected chi connectivity index (χ1v) is 9.19. The summed E-state index contributed by atoms with van der Waals surface area (Å²) in [6.07, 6.45) is 8.37. The highest BCUT2D eigenvalue weighted by atomic mass is 32.1. The number of nitrogens with zero attached hydrogens (tertiary/aromatic N) is 3. The van der Waals surface area contributed by atoms with E-state index in [1.165, 1.54) is 25.7 Å². The van der Waals surface area contributed by atoms with E-state index in [0.29, 0.717) is 30.6 Å². The Balaban J connectivity index is 1.24. The normalized spacial score (nSPS) is 18.8. The first kappa shape index (κ1) is 14.8. The molecule has 2 aliphatic carbocycles. The molecule has 1 N–H and O–H groups in total. The largest absolute Gasteiger partial charge is 0.347 e. The maximum absolute atomic E-state index is 12.2. The monoisotopic (exact) mass is 332 g/mol. The van der Waals surface area contributed by atoms with Gasteiger partial charge in [-0.25, -0.2) is 4.98 Å². The molecule has 2 saturated carbocycles. The highest BCUT2D eigenvalue weighted by Gasteiger charge is 2.34. The molecule has 1 amide bonds. The van der Waals surface area contributed by atoms with Gasteiger partial charge in [0.15, 0.2) is 5.82 Å². The van der Waals surface area contributed by atoms with E-state index in [4.69, 9.17) is 4.52 Å². The molecule has 0 unspecified atom stereocenters. The summed E-state index contributed by atoms with van der Waals surface area (Å²) < 4.78 is 5.23. The van der Waals surface area contributed by atoms with Crippen LogP contribution in [0.5, 0.6) is 0 Å². The van der Waals surface area contributed by atoms with E-state index < -0.39 is 0 Å². The van der Waals surface area contributed by atoms with Gasteiger partial charge in [0.1, 0.15) is 5.01 Å². The molecule has 2 aromatic heterocycles. The van der Waals surface area contributed by atoms with Gasteiger partial charge in [0.25, 0.3) is 0 Å². The van der Waals surface area contributed by atoms with Crippen molar-refractivity contribution in [1.82, 2.24) is 20.4 Å². The second-order valence-corrected chi connectivity index (χ2v) is 7.35. The molecule has 0 aliphatic heterocycles. The van der Waals surface area contributed by atoms with Crippen LogP contribution in [0.25, 0.3) is 0 Å². The fraction of sp³-hybridized carbons (Fsp3) is 0.625. The van der Waals surface area contributed by atoms with Crippen molar-refractivity contribution in [1.29, 1.82) is 0 Å². The van der Waals surface area contributed by atoms with Crippen LogP contribution in [0.2, 0.25) is 0 Å². The van der Waals surface area contributed by atoms with Crippen molar-refractivity contribution in [2.24, 2.45) is 5.92 Å². The summed E-state index contributed by atoms with van der Waals surface area (Å²) in [7, 11) is 0. The van der Waals surface area contributed by atoms with Gasteiger partial charge in [-0.2, -0.15) is 4.98 Å². The van der Waals surface area contributed by atoms with Crippen LogP contribution in [0.1, 0.15) is 67.2 Å². The average Bonchev–Trinajstić information content (AvgIpc) is 3.47. The van der Waals surface area contributed by atoms with Gasteiger partial charge in [-0.05, 0) is 38.0 Å². The van der Waals surface area contributed by atoms with Crippen molar-refractivity contribution in [2.75, 3.05) is 0 Å². The maximum Gasteiger partial charge on any atom is 0.226 e. The summed E-state index contributed by atoms with van der Waals surface area (Å²) in [6, 6.07) is 0.0902. The van der Waals surface area contributed by atoms with Crippen molar-refractivity contribution in [3.63, 3.8) is 0 Å². The Bertz CT molecular complexity index is 661. The number of hydrogen-bond donors (Lipinski definition) is 1. The van der Waals surface area contributed by atoms with E-state index in [0.717, 1.165) is 17.3 Å². The maximum atomic E-state index is 12.2. The minimum atomic E-state index is 0.0824. The van der Waals surface area contributed by atoms with Crippen LogP contribution >= 0.6 is 11.3 Å². The van der Waals surface area contributed by atoms with E-state index in [9.17, 15) is 4.79 Å². The summed E-state index contributed by atoms with van der Waals surface area (Å²) >= 11 is 1.61. The van der Waals surface area contributed by atoms with Crippen molar-refractivity contribution in [3.05, 3.63) is 28.3 Å². The van der Waals surface area contributed by atoms with E-state index in [1.54, 1.807) is 17.5 Å². The summed E-state index contributed by atoms with van der Waals surface area (Å²) in [5.41, 5.74) is 0. The molecular formula is C16H20N4O2S. The molecule has 2 heterocycles. The van der Waals surface area contributed by atoms with Gasteiger partial charge >= 0.3 is 0 Å². The fourth-order valence-electron chi connectivity index (χ4n) is 2.72. The molecule has 23 heavy (non-hydrogen) atoms. The average molecular weight is 332 g/mol. The molecule has 0 radical (unpaired) electrons. The third-order valence-corrected chi connectivity index (χ3v) is 5.21. The first-order chi connectivity index (χ1) is 11.3. The number of carbonyl (C=O) groups is 1. The highest BCUT2D eigenvalue weighted by molar-refractivity contribution is 7.09. The van der Waals surface area contributed by atoms with E-state index in [1.807, 2.05) is 5.38 Å². The fourth-order valence-corrected chi connectivity index (χ4v) is 3.50. The number of nitrogens with one attached hydrogen (secondary N) is 1. The van der Waals surface area contributed by atoms with Crippen LogP contribution in [-0.2, 0) is 11.2 Å². The number of carbonyl (C=O) groups excluding carboxylic acids is 1. The van der Waals surface area contributed by atoms with Crippen LogP contribution in [-0.4, -0.2) is 21.0 Å². The highest BCUT2D eigenvalue weighted by Crippen LogP contribution is 2.41. The number of aromatic nitrogens is 3. The number of aryl methyl sites for hydroxylation is 1. The van der Waals surface area contributed by atoms with Gasteiger partial charge in [-0.3, -0.25) is 4.79 Å². The van der Waals surface area contributed by atoms with Crippen LogP contribution in [0, 0.1) is 5.92 Å². The molecule has 1 atom stereocenters. The van der Waals surface area contributed by atoms with Crippen LogP contribution in [0.4, 0.5) is 0 Å². The second kappa shape index (κ2) is 6.39. The summed E-state index contributed by atoms with van der Waals surface area (Å²) in [5, 5.41) is 10.1. The zero-order chi connectivity index (χ0) is 15.6. The van der Waals surface area contributed by atoms with Gasteiger partial charge < -0.3 is 9.84 Å². The molecule has 4 rings (SSSR count). The van der Waals surface area contributed by atoms with Crippen LogP contribution in [0.15, 0.2) is 16.1 Å². The summed E-state index contributed by atoms with van der Waals surface area (Å²) in [5.74, 6) is 2.63. The lowest BCUT2D eigenvalue weighted by atomic mass is 10.1. The lowest BCUT2D eigenvalue weighted by Crippen LogP contribution is -2.29. The topological polar surface area (TPSA) is 80.9 Å². The lowest BCUT2D eigenvalue weighted by Gasteiger charge is -2.15. The van der Waals surface area contributed by atoms with E-state index in [2.05, 4.69) is 20.4 Å². The van der Waals surface area contributed by atoms with Crippen molar-refractivity contribution >= 4 is 17.2 Å². The van der Waals surface area contributed by atoms with Gasteiger partial charge in [0.2, 0.25) is 11.8 Å². The molecule has 122 valence electrons.